The second-order valence-corrected chi connectivity index (χ2v) is 5.81. The summed E-state index contributed by atoms with van der Waals surface area (Å²) in [4.78, 5) is 7.04. The smallest absolute Gasteiger partial charge is 0.338 e. The summed E-state index contributed by atoms with van der Waals surface area (Å²) >= 11 is 0. The van der Waals surface area contributed by atoms with Crippen LogP contribution in [-0.4, -0.2) is 23.5 Å². The van der Waals surface area contributed by atoms with Crippen LogP contribution >= 0.6 is 0 Å². The number of halogens is 3. The normalized spacial score (nSPS) is 12.6. The van der Waals surface area contributed by atoms with Crippen LogP contribution in [0.3, 0.4) is 0 Å². The zero-order valence-corrected chi connectivity index (χ0v) is 10.9. The molecule has 0 radical (unpaired) electrons. The van der Waals surface area contributed by atoms with E-state index in [1.807, 2.05) is 0 Å². The van der Waals surface area contributed by atoms with Gasteiger partial charge in [0, 0.05) is 6.20 Å². The van der Waals surface area contributed by atoms with Gasteiger partial charge in [-0.3, -0.25) is 0 Å². The van der Waals surface area contributed by atoms with Crippen LogP contribution < -0.4 is 0 Å². The summed E-state index contributed by atoms with van der Waals surface area (Å²) in [6.45, 7) is 1.51. The molecular weight excluding hydrogens is 299 g/mol. The van der Waals surface area contributed by atoms with Crippen LogP contribution in [-0.2, 0) is 21.8 Å². The van der Waals surface area contributed by atoms with E-state index in [0.29, 0.717) is 12.3 Å². The maximum absolute atomic E-state index is 12.3. The first-order chi connectivity index (χ1) is 9.18. The minimum Gasteiger partial charge on any atom is -0.338 e. The fourth-order valence-corrected chi connectivity index (χ4v) is 2.45. The summed E-state index contributed by atoms with van der Waals surface area (Å²) in [6.07, 6.45) is -4.11. The molecule has 20 heavy (non-hydrogen) atoms. The Morgan fingerprint density at radius 2 is 2.00 bits per heavy atom. The first-order valence-corrected chi connectivity index (χ1v) is 6.89. The van der Waals surface area contributed by atoms with E-state index in [2.05, 4.69) is 19.6 Å². The van der Waals surface area contributed by atoms with Gasteiger partial charge in [-0.25, -0.2) is 13.4 Å². The van der Waals surface area contributed by atoms with Crippen molar-refractivity contribution in [1.82, 2.24) is 15.1 Å². The molecule has 0 aromatic carbocycles. The molecule has 108 valence electrons. The first kappa shape index (κ1) is 14.4. The molecule has 0 saturated carbocycles. The lowest BCUT2D eigenvalue weighted by Crippen LogP contribution is -2.10. The third-order valence-electron chi connectivity index (χ3n) is 2.27. The van der Waals surface area contributed by atoms with Crippen molar-refractivity contribution in [2.75, 3.05) is 0 Å². The number of sulfone groups is 1. The molecule has 0 fully saturated rings. The summed E-state index contributed by atoms with van der Waals surface area (Å²) in [6, 6.07) is 1.44. The third kappa shape index (κ3) is 3.13. The second kappa shape index (κ2) is 4.85. The quantitative estimate of drug-likeness (QED) is 0.859. The Bertz CT molecular complexity index is 707. The van der Waals surface area contributed by atoms with Gasteiger partial charge in [0.1, 0.15) is 5.75 Å². The Morgan fingerprint density at radius 1 is 1.30 bits per heavy atom. The molecule has 0 spiro atoms. The molecule has 0 bridgehead atoms. The standard InChI is InChI=1S/C10H8F3N3O3S/c1-6-15-8(19-16-6)5-20(17,18)9-3-2-7(4-14-9)10(11,12)13/h2-4H,5H2,1H3. The van der Waals surface area contributed by atoms with Crippen LogP contribution in [0.15, 0.2) is 27.9 Å². The zero-order valence-electron chi connectivity index (χ0n) is 10.0. The van der Waals surface area contributed by atoms with Crippen molar-refractivity contribution in [2.45, 2.75) is 23.9 Å². The fraction of sp³-hybridized carbons (Fsp3) is 0.300. The third-order valence-corrected chi connectivity index (χ3v) is 3.77. The monoisotopic (exact) mass is 307 g/mol. The topological polar surface area (TPSA) is 86.0 Å². The Hall–Kier alpha value is -1.97. The second-order valence-electron chi connectivity index (χ2n) is 3.88. The summed E-state index contributed by atoms with van der Waals surface area (Å²) < 4.78 is 65.5. The number of rotatable bonds is 3. The highest BCUT2D eigenvalue weighted by Crippen LogP contribution is 2.29. The number of hydrogen-bond acceptors (Lipinski definition) is 6. The molecule has 2 aromatic heterocycles. The van der Waals surface area contributed by atoms with E-state index in [-0.39, 0.29) is 11.7 Å². The van der Waals surface area contributed by atoms with Crippen LogP contribution in [0.25, 0.3) is 0 Å². The van der Waals surface area contributed by atoms with Crippen molar-refractivity contribution in [3.63, 3.8) is 0 Å². The number of aromatic nitrogens is 3. The lowest BCUT2D eigenvalue weighted by atomic mass is 10.3. The molecule has 2 aromatic rings. The predicted molar refractivity (Wildman–Crippen MR) is 59.2 cm³/mol. The molecule has 0 amide bonds. The molecular formula is C10H8F3N3O3S. The van der Waals surface area contributed by atoms with E-state index in [9.17, 15) is 21.6 Å². The van der Waals surface area contributed by atoms with Gasteiger partial charge in [0.2, 0.25) is 15.7 Å². The fourth-order valence-electron chi connectivity index (χ4n) is 1.37. The number of alkyl halides is 3. The molecule has 0 aliphatic rings. The van der Waals surface area contributed by atoms with Gasteiger partial charge in [-0.15, -0.1) is 0 Å². The van der Waals surface area contributed by atoms with Gasteiger partial charge in [-0.05, 0) is 19.1 Å². The van der Waals surface area contributed by atoms with Crippen LogP contribution in [0.4, 0.5) is 13.2 Å². The van der Waals surface area contributed by atoms with Crippen molar-refractivity contribution in [2.24, 2.45) is 0 Å². The molecule has 0 N–H and O–H groups in total. The van der Waals surface area contributed by atoms with Crippen molar-refractivity contribution in [3.05, 3.63) is 35.6 Å². The zero-order chi connectivity index (χ0) is 15.0. The van der Waals surface area contributed by atoms with E-state index in [4.69, 9.17) is 0 Å². The maximum atomic E-state index is 12.3. The van der Waals surface area contributed by atoms with Crippen molar-refractivity contribution in [1.29, 1.82) is 0 Å². The van der Waals surface area contributed by atoms with Gasteiger partial charge in [-0.2, -0.15) is 18.2 Å². The van der Waals surface area contributed by atoms with Gasteiger partial charge >= 0.3 is 6.18 Å². The lowest BCUT2D eigenvalue weighted by Gasteiger charge is -2.06. The molecule has 2 heterocycles. The minimum absolute atomic E-state index is 0.149. The Balaban J connectivity index is 2.26. The largest absolute Gasteiger partial charge is 0.417 e. The summed E-state index contributed by atoms with van der Waals surface area (Å²) in [7, 11) is -3.94. The molecule has 0 unspecified atom stereocenters. The summed E-state index contributed by atoms with van der Waals surface area (Å²) in [5.41, 5.74) is -1.02. The molecule has 0 atom stereocenters. The Morgan fingerprint density at radius 3 is 2.45 bits per heavy atom. The van der Waals surface area contributed by atoms with Crippen molar-refractivity contribution < 1.29 is 26.1 Å². The average Bonchev–Trinajstić information content (AvgIpc) is 2.73. The van der Waals surface area contributed by atoms with E-state index >= 15 is 0 Å². The van der Waals surface area contributed by atoms with E-state index in [1.165, 1.54) is 6.92 Å². The molecule has 10 heteroatoms. The number of nitrogens with zero attached hydrogens (tertiary/aromatic N) is 3. The highest BCUT2D eigenvalue weighted by Gasteiger charge is 2.31. The molecule has 6 nitrogen and oxygen atoms in total. The van der Waals surface area contributed by atoms with Gasteiger partial charge in [0.05, 0.1) is 5.56 Å². The van der Waals surface area contributed by atoms with E-state index in [1.54, 1.807) is 0 Å². The molecule has 0 aliphatic heterocycles. The van der Waals surface area contributed by atoms with Gasteiger partial charge < -0.3 is 4.52 Å². The first-order valence-electron chi connectivity index (χ1n) is 5.24. The summed E-state index contributed by atoms with van der Waals surface area (Å²) in [5.74, 6) is -0.508. The number of aryl methyl sites for hydroxylation is 1. The van der Waals surface area contributed by atoms with Crippen LogP contribution in [0.5, 0.6) is 0 Å². The predicted octanol–water partition coefficient (Wildman–Crippen LogP) is 1.77. The Labute approximate surface area is 111 Å². The lowest BCUT2D eigenvalue weighted by molar-refractivity contribution is -0.137. The minimum atomic E-state index is -4.57. The molecule has 0 aliphatic carbocycles. The maximum Gasteiger partial charge on any atom is 0.417 e. The molecule has 0 saturated heterocycles. The van der Waals surface area contributed by atoms with Crippen LogP contribution in [0.1, 0.15) is 17.3 Å². The summed E-state index contributed by atoms with van der Waals surface area (Å²) in [5, 5.41) is 2.94. The Kier molecular flexibility index (Phi) is 3.50. The highest BCUT2D eigenvalue weighted by molar-refractivity contribution is 7.90. The van der Waals surface area contributed by atoms with Crippen molar-refractivity contribution in [3.8, 4) is 0 Å². The number of hydrogen-bond donors (Lipinski definition) is 0. The van der Waals surface area contributed by atoms with Crippen molar-refractivity contribution >= 4 is 9.84 Å². The highest BCUT2D eigenvalue weighted by atomic mass is 32.2. The SMILES string of the molecule is Cc1noc(CS(=O)(=O)c2ccc(C(F)(F)F)cn2)n1. The van der Waals surface area contributed by atoms with Gasteiger partial charge in [0.25, 0.3) is 0 Å². The van der Waals surface area contributed by atoms with E-state index in [0.717, 1.165) is 6.07 Å². The van der Waals surface area contributed by atoms with Gasteiger partial charge in [-0.1, -0.05) is 5.16 Å². The molecule has 2 rings (SSSR count). The van der Waals surface area contributed by atoms with E-state index < -0.39 is 32.4 Å². The van der Waals surface area contributed by atoms with Crippen LogP contribution in [0, 0.1) is 6.92 Å². The number of pyridine rings is 1. The van der Waals surface area contributed by atoms with Gasteiger partial charge in [0.15, 0.2) is 10.9 Å². The van der Waals surface area contributed by atoms with Crippen LogP contribution in [0.2, 0.25) is 0 Å². The average molecular weight is 307 g/mol.